The van der Waals surface area contributed by atoms with Gasteiger partial charge < -0.3 is 20.3 Å². The highest BCUT2D eigenvalue weighted by atomic mass is 32.1. The van der Waals surface area contributed by atoms with Crippen LogP contribution in [0, 0.1) is 0 Å². The van der Waals surface area contributed by atoms with Gasteiger partial charge in [-0.3, -0.25) is 14.5 Å². The Labute approximate surface area is 152 Å². The summed E-state index contributed by atoms with van der Waals surface area (Å²) in [5.74, 6) is -0.0482. The molecule has 1 aromatic heterocycles. The fourth-order valence-corrected chi connectivity index (χ4v) is 3.22. The van der Waals surface area contributed by atoms with Crippen LogP contribution in [-0.4, -0.2) is 86.1 Å². The molecule has 2 heterocycles. The van der Waals surface area contributed by atoms with E-state index in [0.717, 1.165) is 18.1 Å². The van der Waals surface area contributed by atoms with Crippen molar-refractivity contribution in [2.24, 2.45) is 0 Å². The average molecular weight is 369 g/mol. The normalized spacial score (nSPS) is 15.2. The van der Waals surface area contributed by atoms with E-state index < -0.39 is 0 Å². The molecule has 9 heteroatoms. The molecule has 0 spiro atoms. The summed E-state index contributed by atoms with van der Waals surface area (Å²) in [6, 6.07) is 0. The molecule has 0 saturated carbocycles. The third-order valence-corrected chi connectivity index (χ3v) is 4.70. The van der Waals surface area contributed by atoms with Crippen LogP contribution in [0.2, 0.25) is 0 Å². The van der Waals surface area contributed by atoms with Gasteiger partial charge in [0.1, 0.15) is 5.69 Å². The fraction of sp³-hybridized carbons (Fsp3) is 0.688. The molecule has 140 valence electrons. The van der Waals surface area contributed by atoms with E-state index in [4.69, 9.17) is 4.74 Å². The van der Waals surface area contributed by atoms with Crippen molar-refractivity contribution in [3.8, 4) is 0 Å². The third kappa shape index (κ3) is 6.26. The number of piperazine rings is 1. The van der Waals surface area contributed by atoms with Gasteiger partial charge in [-0.2, -0.15) is 0 Å². The van der Waals surface area contributed by atoms with Gasteiger partial charge in [0, 0.05) is 51.8 Å². The van der Waals surface area contributed by atoms with Crippen LogP contribution in [0.25, 0.3) is 0 Å². The minimum Gasteiger partial charge on any atom is -0.383 e. The van der Waals surface area contributed by atoms with Crippen LogP contribution in [0.4, 0.5) is 5.13 Å². The Kier molecular flexibility index (Phi) is 8.10. The van der Waals surface area contributed by atoms with Crippen LogP contribution in [0.15, 0.2) is 5.38 Å². The van der Waals surface area contributed by atoms with Gasteiger partial charge in [0.2, 0.25) is 5.91 Å². The number of anilines is 1. The van der Waals surface area contributed by atoms with Gasteiger partial charge >= 0.3 is 0 Å². The van der Waals surface area contributed by atoms with Crippen LogP contribution >= 0.6 is 11.3 Å². The van der Waals surface area contributed by atoms with E-state index in [9.17, 15) is 9.59 Å². The van der Waals surface area contributed by atoms with Gasteiger partial charge in [0.05, 0.1) is 13.2 Å². The van der Waals surface area contributed by atoms with Crippen molar-refractivity contribution in [3.63, 3.8) is 0 Å². The first-order chi connectivity index (χ1) is 12.1. The molecule has 0 atom stereocenters. The molecule has 0 aliphatic carbocycles. The molecule has 1 aliphatic rings. The van der Waals surface area contributed by atoms with E-state index in [-0.39, 0.29) is 11.8 Å². The first-order valence-electron chi connectivity index (χ1n) is 8.60. The Morgan fingerprint density at radius 3 is 2.72 bits per heavy atom. The molecule has 1 aromatic rings. The smallest absolute Gasteiger partial charge is 0.273 e. The second kappa shape index (κ2) is 10.3. The van der Waals surface area contributed by atoms with E-state index >= 15 is 0 Å². The minimum absolute atomic E-state index is 0.0111. The number of rotatable bonds is 9. The standard InChI is InChI=1S/C16H27N5O3S/c1-3-4-18-16-19-13(12-25-16)15(23)21-8-6-20(7-9-21)11-14(22)17-5-10-24-2/h12H,3-11H2,1-2H3,(H,17,22)(H,18,19). The van der Waals surface area contributed by atoms with Crippen molar-refractivity contribution >= 4 is 28.3 Å². The van der Waals surface area contributed by atoms with Crippen LogP contribution in [0.5, 0.6) is 0 Å². The molecular weight excluding hydrogens is 342 g/mol. The Morgan fingerprint density at radius 2 is 2.04 bits per heavy atom. The van der Waals surface area contributed by atoms with E-state index in [2.05, 4.69) is 27.4 Å². The maximum absolute atomic E-state index is 12.5. The highest BCUT2D eigenvalue weighted by Gasteiger charge is 2.24. The molecule has 0 radical (unpaired) electrons. The summed E-state index contributed by atoms with van der Waals surface area (Å²) in [4.78, 5) is 32.5. The van der Waals surface area contributed by atoms with Gasteiger partial charge in [0.25, 0.3) is 5.91 Å². The molecule has 2 amide bonds. The van der Waals surface area contributed by atoms with Crippen molar-refractivity contribution in [1.82, 2.24) is 20.1 Å². The summed E-state index contributed by atoms with van der Waals surface area (Å²) in [7, 11) is 1.60. The number of nitrogens with one attached hydrogen (secondary N) is 2. The number of ether oxygens (including phenoxy) is 1. The number of thiazole rings is 1. The van der Waals surface area contributed by atoms with E-state index in [1.807, 2.05) is 0 Å². The average Bonchev–Trinajstić information content (AvgIpc) is 3.09. The Morgan fingerprint density at radius 1 is 1.28 bits per heavy atom. The lowest BCUT2D eigenvalue weighted by Gasteiger charge is -2.33. The number of carbonyl (C=O) groups excluding carboxylic acids is 2. The van der Waals surface area contributed by atoms with Crippen molar-refractivity contribution in [2.45, 2.75) is 13.3 Å². The zero-order valence-corrected chi connectivity index (χ0v) is 15.7. The minimum atomic E-state index is -0.0370. The zero-order chi connectivity index (χ0) is 18.1. The van der Waals surface area contributed by atoms with E-state index in [0.29, 0.717) is 51.6 Å². The number of methoxy groups -OCH3 is 1. The highest BCUT2D eigenvalue weighted by molar-refractivity contribution is 7.13. The fourth-order valence-electron chi connectivity index (χ4n) is 2.51. The summed E-state index contributed by atoms with van der Waals surface area (Å²) < 4.78 is 4.91. The SMILES string of the molecule is CCCNc1nc(C(=O)N2CCN(CC(=O)NCCOC)CC2)cs1. The molecule has 0 aromatic carbocycles. The van der Waals surface area contributed by atoms with Crippen molar-refractivity contribution in [2.75, 3.05) is 64.8 Å². The van der Waals surface area contributed by atoms with E-state index in [1.54, 1.807) is 17.4 Å². The van der Waals surface area contributed by atoms with Gasteiger partial charge in [-0.1, -0.05) is 6.92 Å². The second-order valence-electron chi connectivity index (χ2n) is 5.88. The van der Waals surface area contributed by atoms with Crippen LogP contribution in [0.3, 0.4) is 0 Å². The summed E-state index contributed by atoms with van der Waals surface area (Å²) in [5.41, 5.74) is 0.495. The second-order valence-corrected chi connectivity index (χ2v) is 6.73. The predicted molar refractivity (Wildman–Crippen MR) is 98.1 cm³/mol. The molecule has 0 unspecified atom stereocenters. The van der Waals surface area contributed by atoms with Crippen LogP contribution in [-0.2, 0) is 9.53 Å². The van der Waals surface area contributed by atoms with Gasteiger partial charge in [-0.15, -0.1) is 11.3 Å². The number of nitrogens with zero attached hydrogens (tertiary/aromatic N) is 3. The van der Waals surface area contributed by atoms with Crippen LogP contribution in [0.1, 0.15) is 23.8 Å². The lowest BCUT2D eigenvalue weighted by molar-refractivity contribution is -0.122. The number of aromatic nitrogens is 1. The topological polar surface area (TPSA) is 86.8 Å². The molecular formula is C16H27N5O3S. The molecule has 1 saturated heterocycles. The van der Waals surface area contributed by atoms with Gasteiger partial charge in [-0.25, -0.2) is 4.98 Å². The maximum atomic E-state index is 12.5. The van der Waals surface area contributed by atoms with Crippen molar-refractivity contribution < 1.29 is 14.3 Å². The third-order valence-electron chi connectivity index (χ3n) is 3.90. The molecule has 0 bridgehead atoms. The first kappa shape index (κ1) is 19.6. The zero-order valence-electron chi connectivity index (χ0n) is 14.9. The van der Waals surface area contributed by atoms with E-state index in [1.165, 1.54) is 11.3 Å². The van der Waals surface area contributed by atoms with Gasteiger partial charge in [-0.05, 0) is 6.42 Å². The van der Waals surface area contributed by atoms with Crippen molar-refractivity contribution in [3.05, 3.63) is 11.1 Å². The molecule has 8 nitrogen and oxygen atoms in total. The molecule has 2 rings (SSSR count). The maximum Gasteiger partial charge on any atom is 0.273 e. The Balaban J connectivity index is 1.74. The quantitative estimate of drug-likeness (QED) is 0.616. The van der Waals surface area contributed by atoms with Gasteiger partial charge in [0.15, 0.2) is 5.13 Å². The summed E-state index contributed by atoms with van der Waals surface area (Å²) >= 11 is 1.46. The summed E-state index contributed by atoms with van der Waals surface area (Å²) in [6.07, 6.45) is 1.02. The largest absolute Gasteiger partial charge is 0.383 e. The van der Waals surface area contributed by atoms with Crippen molar-refractivity contribution in [1.29, 1.82) is 0 Å². The Hall–Kier alpha value is -1.71. The number of amides is 2. The summed E-state index contributed by atoms with van der Waals surface area (Å²) in [5, 5.41) is 8.60. The lowest BCUT2D eigenvalue weighted by Crippen LogP contribution is -2.51. The van der Waals surface area contributed by atoms with Crippen LogP contribution < -0.4 is 10.6 Å². The molecule has 25 heavy (non-hydrogen) atoms. The molecule has 1 fully saturated rings. The molecule has 1 aliphatic heterocycles. The molecule has 2 N–H and O–H groups in total. The monoisotopic (exact) mass is 369 g/mol. The number of hydrogen-bond donors (Lipinski definition) is 2. The predicted octanol–water partition coefficient (Wildman–Crippen LogP) is 0.485. The Bertz CT molecular complexity index is 558. The first-order valence-corrected chi connectivity index (χ1v) is 9.48. The lowest BCUT2D eigenvalue weighted by atomic mass is 10.3. The highest BCUT2D eigenvalue weighted by Crippen LogP contribution is 2.17. The number of carbonyl (C=O) groups is 2. The summed E-state index contributed by atoms with van der Waals surface area (Å²) in [6.45, 7) is 6.93. The number of hydrogen-bond acceptors (Lipinski definition) is 7.